The van der Waals surface area contributed by atoms with Crippen LogP contribution in [0.4, 0.5) is 8.78 Å². The molecule has 0 radical (unpaired) electrons. The lowest BCUT2D eigenvalue weighted by atomic mass is 9.83. The zero-order valence-corrected chi connectivity index (χ0v) is 12.0. The first-order valence-corrected chi connectivity index (χ1v) is 7.23. The van der Waals surface area contributed by atoms with E-state index in [4.69, 9.17) is 4.74 Å². The second-order valence-electron chi connectivity index (χ2n) is 5.22. The number of thiol groups is 1. The third-order valence-electron chi connectivity index (χ3n) is 3.60. The highest BCUT2D eigenvalue weighted by atomic mass is 32.1. The second kappa shape index (κ2) is 6.57. The molecule has 0 spiro atoms. The maximum atomic E-state index is 12.6. The summed E-state index contributed by atoms with van der Waals surface area (Å²) in [5.41, 5.74) is 1.29. The molecule has 0 heterocycles. The Balaban J connectivity index is 1.79. The zero-order chi connectivity index (χ0) is 14.6. The molecule has 2 nitrogen and oxygen atoms in total. The van der Waals surface area contributed by atoms with Crippen LogP contribution in [-0.2, 0) is 9.53 Å². The van der Waals surface area contributed by atoms with E-state index >= 15 is 0 Å². The molecule has 0 saturated heterocycles. The summed E-state index contributed by atoms with van der Waals surface area (Å²) >= 11 is 3.04. The van der Waals surface area contributed by atoms with Crippen molar-refractivity contribution in [3.05, 3.63) is 35.9 Å². The van der Waals surface area contributed by atoms with Crippen molar-refractivity contribution in [2.24, 2.45) is 0 Å². The molecule has 2 rings (SSSR count). The van der Waals surface area contributed by atoms with Crippen LogP contribution < -0.4 is 0 Å². The van der Waals surface area contributed by atoms with E-state index < -0.39 is 17.6 Å². The highest BCUT2D eigenvalue weighted by Crippen LogP contribution is 2.34. The summed E-state index contributed by atoms with van der Waals surface area (Å²) in [5.74, 6) is -0.398. The fourth-order valence-electron chi connectivity index (χ4n) is 2.64. The Labute approximate surface area is 122 Å². The van der Waals surface area contributed by atoms with Gasteiger partial charge in [-0.3, -0.25) is 4.79 Å². The SMILES string of the molecule is O=C(CC(F)(F)S)OC1CCC(c2ccccc2)CC1. The molecule has 0 atom stereocenters. The van der Waals surface area contributed by atoms with Gasteiger partial charge in [-0.25, -0.2) is 0 Å². The standard InChI is InChI=1S/C15H18F2O2S/c16-15(17,20)10-14(18)19-13-8-6-12(7-9-13)11-4-2-1-3-5-11/h1-5,12-13,20H,6-10H2. The molecule has 0 aromatic heterocycles. The lowest BCUT2D eigenvalue weighted by Gasteiger charge is -2.28. The first-order valence-electron chi connectivity index (χ1n) is 6.78. The van der Waals surface area contributed by atoms with Crippen LogP contribution in [0.5, 0.6) is 0 Å². The molecule has 1 aliphatic carbocycles. The Morgan fingerprint density at radius 2 is 1.80 bits per heavy atom. The highest BCUT2D eigenvalue weighted by Gasteiger charge is 2.31. The summed E-state index contributed by atoms with van der Waals surface area (Å²) in [6.45, 7) is 0. The minimum Gasteiger partial charge on any atom is -0.462 e. The first kappa shape index (κ1) is 15.3. The van der Waals surface area contributed by atoms with E-state index in [9.17, 15) is 13.6 Å². The van der Waals surface area contributed by atoms with E-state index in [-0.39, 0.29) is 6.10 Å². The summed E-state index contributed by atoms with van der Waals surface area (Å²) in [6.07, 6.45) is 2.08. The molecule has 20 heavy (non-hydrogen) atoms. The van der Waals surface area contributed by atoms with Gasteiger partial charge in [-0.05, 0) is 37.2 Å². The van der Waals surface area contributed by atoms with Crippen molar-refractivity contribution in [3.63, 3.8) is 0 Å². The molecule has 5 heteroatoms. The van der Waals surface area contributed by atoms with E-state index in [0.29, 0.717) is 5.92 Å². The van der Waals surface area contributed by atoms with Gasteiger partial charge < -0.3 is 4.74 Å². The van der Waals surface area contributed by atoms with Crippen molar-refractivity contribution < 1.29 is 18.3 Å². The van der Waals surface area contributed by atoms with Gasteiger partial charge in [0.2, 0.25) is 0 Å². The molecule has 1 aromatic rings. The summed E-state index contributed by atoms with van der Waals surface area (Å²) in [7, 11) is 0. The van der Waals surface area contributed by atoms with E-state index in [1.165, 1.54) is 5.56 Å². The third-order valence-corrected chi connectivity index (χ3v) is 3.76. The minimum atomic E-state index is -3.29. The lowest BCUT2D eigenvalue weighted by molar-refractivity contribution is -0.154. The van der Waals surface area contributed by atoms with Crippen molar-refractivity contribution >= 4 is 18.6 Å². The second-order valence-corrected chi connectivity index (χ2v) is 5.87. The Bertz CT molecular complexity index is 437. The van der Waals surface area contributed by atoms with Gasteiger partial charge in [0.05, 0.1) is 0 Å². The predicted molar refractivity (Wildman–Crippen MR) is 76.1 cm³/mol. The molecule has 0 bridgehead atoms. The molecule has 0 N–H and O–H groups in total. The van der Waals surface area contributed by atoms with Crippen LogP contribution >= 0.6 is 12.6 Å². The lowest BCUT2D eigenvalue weighted by Crippen LogP contribution is -2.26. The van der Waals surface area contributed by atoms with Gasteiger partial charge >= 0.3 is 11.2 Å². The number of hydrogen-bond donors (Lipinski definition) is 1. The van der Waals surface area contributed by atoms with Crippen LogP contribution in [0.3, 0.4) is 0 Å². The van der Waals surface area contributed by atoms with Crippen molar-refractivity contribution in [2.45, 2.75) is 49.4 Å². The number of hydrogen-bond acceptors (Lipinski definition) is 3. The fourth-order valence-corrected chi connectivity index (χ4v) is 2.77. The largest absolute Gasteiger partial charge is 0.462 e. The molecular formula is C15H18F2O2S. The van der Waals surface area contributed by atoms with E-state index in [2.05, 4.69) is 24.8 Å². The Morgan fingerprint density at radius 1 is 1.20 bits per heavy atom. The van der Waals surface area contributed by atoms with E-state index in [1.54, 1.807) is 0 Å². The van der Waals surface area contributed by atoms with Crippen molar-refractivity contribution in [3.8, 4) is 0 Å². The van der Waals surface area contributed by atoms with Crippen LogP contribution in [0, 0.1) is 0 Å². The number of carbonyl (C=O) groups excluding carboxylic acids is 1. The minimum absolute atomic E-state index is 0.238. The number of alkyl halides is 2. The van der Waals surface area contributed by atoms with E-state index in [1.807, 2.05) is 18.2 Å². The molecule has 1 aromatic carbocycles. The maximum Gasteiger partial charge on any atom is 0.313 e. The topological polar surface area (TPSA) is 26.3 Å². The fraction of sp³-hybridized carbons (Fsp3) is 0.533. The Morgan fingerprint density at radius 3 is 2.35 bits per heavy atom. The Kier molecular flexibility index (Phi) is 5.02. The Hall–Kier alpha value is -1.10. The number of benzene rings is 1. The highest BCUT2D eigenvalue weighted by molar-refractivity contribution is 7.81. The average Bonchev–Trinajstić information content (AvgIpc) is 2.38. The van der Waals surface area contributed by atoms with Gasteiger partial charge in [0.1, 0.15) is 12.5 Å². The number of halogens is 2. The van der Waals surface area contributed by atoms with Gasteiger partial charge in [-0.2, -0.15) is 8.78 Å². The normalized spacial score (nSPS) is 23.4. The number of carbonyl (C=O) groups is 1. The average molecular weight is 300 g/mol. The first-order chi connectivity index (χ1) is 9.44. The van der Waals surface area contributed by atoms with E-state index in [0.717, 1.165) is 25.7 Å². The summed E-state index contributed by atoms with van der Waals surface area (Å²) in [6, 6.07) is 10.2. The van der Waals surface area contributed by atoms with Crippen LogP contribution in [0.15, 0.2) is 30.3 Å². The molecule has 0 amide bonds. The van der Waals surface area contributed by atoms with Gasteiger partial charge in [0.25, 0.3) is 0 Å². The van der Waals surface area contributed by atoms with Crippen LogP contribution in [0.1, 0.15) is 43.6 Å². The maximum absolute atomic E-state index is 12.6. The molecule has 0 aliphatic heterocycles. The van der Waals surface area contributed by atoms with Crippen LogP contribution in [-0.4, -0.2) is 17.3 Å². The molecule has 1 aliphatic rings. The monoisotopic (exact) mass is 300 g/mol. The zero-order valence-electron chi connectivity index (χ0n) is 11.1. The van der Waals surface area contributed by atoms with Gasteiger partial charge in [0.15, 0.2) is 0 Å². The summed E-state index contributed by atoms with van der Waals surface area (Å²) in [4.78, 5) is 11.3. The molecule has 1 fully saturated rings. The molecule has 110 valence electrons. The molecule has 1 saturated carbocycles. The summed E-state index contributed by atoms with van der Waals surface area (Å²) < 4.78 is 30.2. The van der Waals surface area contributed by atoms with Crippen molar-refractivity contribution in [1.82, 2.24) is 0 Å². The smallest absolute Gasteiger partial charge is 0.313 e. The van der Waals surface area contributed by atoms with Gasteiger partial charge in [-0.15, -0.1) is 12.6 Å². The van der Waals surface area contributed by atoms with Gasteiger partial charge in [0, 0.05) is 0 Å². The number of ether oxygens (including phenoxy) is 1. The summed E-state index contributed by atoms with van der Waals surface area (Å²) in [5, 5.41) is -3.29. The van der Waals surface area contributed by atoms with Crippen molar-refractivity contribution in [2.75, 3.05) is 0 Å². The van der Waals surface area contributed by atoms with Crippen LogP contribution in [0.25, 0.3) is 0 Å². The van der Waals surface area contributed by atoms with Crippen LogP contribution in [0.2, 0.25) is 0 Å². The number of rotatable bonds is 4. The van der Waals surface area contributed by atoms with Crippen molar-refractivity contribution in [1.29, 1.82) is 0 Å². The van der Waals surface area contributed by atoms with Gasteiger partial charge in [-0.1, -0.05) is 30.3 Å². The number of esters is 1. The molecule has 0 unspecified atom stereocenters. The quantitative estimate of drug-likeness (QED) is 0.667. The molecular weight excluding hydrogens is 282 g/mol. The third kappa shape index (κ3) is 4.78. The predicted octanol–water partition coefficient (Wildman–Crippen LogP) is 4.17.